The quantitative estimate of drug-likeness (QED) is 0.177. The van der Waals surface area contributed by atoms with Crippen molar-refractivity contribution in [3.63, 3.8) is 0 Å². The smallest absolute Gasteiger partial charge is 0.386 e. The Kier molecular flexibility index (Phi) is 7.60. The number of aliphatic hydroxyl groups excluding tert-OH is 1. The second kappa shape index (κ2) is 11.0. The number of benzene rings is 1. The van der Waals surface area contributed by atoms with Gasteiger partial charge in [0.1, 0.15) is 30.5 Å². The number of aromatic nitrogens is 6. The number of ether oxygens (including phenoxy) is 2. The van der Waals surface area contributed by atoms with Gasteiger partial charge in [-0.3, -0.25) is 22.9 Å². The summed E-state index contributed by atoms with van der Waals surface area (Å²) in [6.45, 7) is -9.61. The molecule has 3 saturated heterocycles. The number of hydrogen-bond donors (Lipinski definition) is 4. The molecular weight excluding hydrogens is 653 g/mol. The third kappa shape index (κ3) is 5.41. The lowest BCUT2D eigenvalue weighted by molar-refractivity contribution is -0.0586. The average molecular weight is 677 g/mol. The molecule has 3 aliphatic heterocycles. The SMILES string of the molecule is O=c1[nH]cnc2c1ncn2C1OC2COP(O)(=S)OC3C(O)C(COP(=O)(S)OC2C1F)OC3n1cnc2ccccc21. The van der Waals surface area contributed by atoms with Crippen molar-refractivity contribution in [3.8, 4) is 0 Å². The molecule has 43 heavy (non-hydrogen) atoms. The van der Waals surface area contributed by atoms with Crippen LogP contribution in [0, 0.1) is 0 Å². The number of rotatable bonds is 2. The van der Waals surface area contributed by atoms with E-state index in [9.17, 15) is 19.4 Å². The number of imidazole rings is 2. The van der Waals surface area contributed by atoms with Gasteiger partial charge in [0.05, 0.1) is 43.2 Å². The molecule has 230 valence electrons. The number of aliphatic hydroxyl groups is 1. The van der Waals surface area contributed by atoms with Crippen LogP contribution < -0.4 is 5.56 Å². The Morgan fingerprint density at radius 2 is 1.77 bits per heavy atom. The summed E-state index contributed by atoms with van der Waals surface area (Å²) in [5.41, 5.74) is 0.678. The number of para-hydroxylation sites is 2. The highest BCUT2D eigenvalue weighted by Gasteiger charge is 2.53. The summed E-state index contributed by atoms with van der Waals surface area (Å²) < 4.78 is 66.2. The lowest BCUT2D eigenvalue weighted by Gasteiger charge is -2.27. The summed E-state index contributed by atoms with van der Waals surface area (Å²) in [7, 11) is 0. The van der Waals surface area contributed by atoms with Gasteiger partial charge in [0.25, 0.3) is 5.56 Å². The highest BCUT2D eigenvalue weighted by molar-refractivity contribution is 8.44. The van der Waals surface area contributed by atoms with E-state index in [-0.39, 0.29) is 11.2 Å². The number of hydrogen-bond acceptors (Lipinski definition) is 13. The van der Waals surface area contributed by atoms with Gasteiger partial charge in [-0.05, 0) is 23.9 Å². The van der Waals surface area contributed by atoms with Crippen molar-refractivity contribution in [1.29, 1.82) is 0 Å². The van der Waals surface area contributed by atoms with Crippen LogP contribution in [0.3, 0.4) is 0 Å². The van der Waals surface area contributed by atoms with Crippen LogP contribution in [0.15, 0.2) is 48.0 Å². The minimum Gasteiger partial charge on any atom is -0.387 e. The van der Waals surface area contributed by atoms with Crippen LogP contribution in [0.2, 0.25) is 0 Å². The van der Waals surface area contributed by atoms with Crippen LogP contribution in [0.5, 0.6) is 0 Å². The van der Waals surface area contributed by atoms with E-state index in [4.69, 9.17) is 39.4 Å². The van der Waals surface area contributed by atoms with Gasteiger partial charge in [-0.1, -0.05) is 24.4 Å². The van der Waals surface area contributed by atoms with E-state index in [1.807, 2.05) is 0 Å². The van der Waals surface area contributed by atoms with E-state index >= 15 is 4.39 Å². The Morgan fingerprint density at radius 3 is 2.60 bits per heavy atom. The molecule has 16 nitrogen and oxygen atoms in total. The minimum atomic E-state index is -4.34. The molecule has 10 atom stereocenters. The zero-order valence-electron chi connectivity index (χ0n) is 21.6. The van der Waals surface area contributed by atoms with Gasteiger partial charge in [-0.2, -0.15) is 0 Å². The topological polar surface area (TPSA) is 194 Å². The largest absolute Gasteiger partial charge is 0.387 e. The third-order valence-electron chi connectivity index (χ3n) is 7.29. The first-order valence-corrected chi connectivity index (χ1v) is 18.1. The average Bonchev–Trinajstić information content (AvgIpc) is 3.72. The van der Waals surface area contributed by atoms with Crippen molar-refractivity contribution in [2.24, 2.45) is 0 Å². The molecule has 3 N–H and O–H groups in total. The molecule has 2 bridgehead atoms. The molecule has 1 aromatic carbocycles. The molecule has 0 radical (unpaired) electrons. The lowest BCUT2D eigenvalue weighted by Crippen LogP contribution is -2.35. The number of alkyl halides is 1. The minimum absolute atomic E-state index is 0.0211. The first-order chi connectivity index (χ1) is 20.5. The summed E-state index contributed by atoms with van der Waals surface area (Å²) in [5.74, 6) is 0. The predicted octanol–water partition coefficient (Wildman–Crippen LogP) is 1.74. The van der Waals surface area contributed by atoms with Crippen molar-refractivity contribution in [1.82, 2.24) is 29.1 Å². The number of H-pyrrole nitrogens is 1. The van der Waals surface area contributed by atoms with Crippen LogP contribution >= 0.6 is 25.8 Å². The van der Waals surface area contributed by atoms with Crippen LogP contribution in [-0.2, 0) is 43.9 Å². The molecule has 10 unspecified atom stereocenters. The number of thiol groups is 1. The van der Waals surface area contributed by atoms with Crippen molar-refractivity contribution in [3.05, 3.63) is 53.6 Å². The van der Waals surface area contributed by atoms with Crippen LogP contribution in [0.4, 0.5) is 4.39 Å². The fourth-order valence-electron chi connectivity index (χ4n) is 5.31. The first-order valence-electron chi connectivity index (χ1n) is 12.8. The lowest BCUT2D eigenvalue weighted by atomic mass is 10.1. The molecule has 6 heterocycles. The van der Waals surface area contributed by atoms with Crippen molar-refractivity contribution < 1.29 is 46.5 Å². The van der Waals surface area contributed by atoms with E-state index < -0.39 is 81.4 Å². The second-order valence-electron chi connectivity index (χ2n) is 9.93. The van der Waals surface area contributed by atoms with Gasteiger partial charge in [-0.15, -0.1) is 0 Å². The van der Waals surface area contributed by atoms with E-state index in [0.717, 1.165) is 12.7 Å². The zero-order valence-corrected chi connectivity index (χ0v) is 25.1. The molecule has 0 saturated carbocycles. The first kappa shape index (κ1) is 29.6. The Hall–Kier alpha value is -2.12. The Labute approximate surface area is 251 Å². The molecular formula is C22H23FN6O10P2S2. The zero-order chi connectivity index (χ0) is 30.1. The highest BCUT2D eigenvalue weighted by Crippen LogP contribution is 2.58. The Morgan fingerprint density at radius 1 is 1.02 bits per heavy atom. The normalized spacial score (nSPS) is 38.9. The van der Waals surface area contributed by atoms with Crippen LogP contribution in [-0.4, -0.2) is 89.0 Å². The molecule has 0 amide bonds. The van der Waals surface area contributed by atoms with Gasteiger partial charge in [0.2, 0.25) is 0 Å². The molecule has 3 aliphatic rings. The summed E-state index contributed by atoms with van der Waals surface area (Å²) in [5, 5.41) is 11.1. The van der Waals surface area contributed by atoms with Crippen molar-refractivity contribution in [2.75, 3.05) is 13.2 Å². The van der Waals surface area contributed by atoms with Crippen LogP contribution in [0.1, 0.15) is 12.5 Å². The predicted molar refractivity (Wildman–Crippen MR) is 151 cm³/mol. The maximum atomic E-state index is 15.9. The summed E-state index contributed by atoms with van der Waals surface area (Å²) in [4.78, 5) is 37.9. The summed E-state index contributed by atoms with van der Waals surface area (Å²) >= 11 is 9.27. The number of fused-ring (bicyclic) bond motifs is 5. The number of aromatic amines is 1. The molecule has 3 fully saturated rings. The molecule has 0 aliphatic carbocycles. The van der Waals surface area contributed by atoms with Gasteiger partial charge in [0, 0.05) is 0 Å². The van der Waals surface area contributed by atoms with Gasteiger partial charge in [-0.25, -0.2) is 23.9 Å². The van der Waals surface area contributed by atoms with Gasteiger partial charge in [0.15, 0.2) is 29.8 Å². The molecule has 21 heteroatoms. The molecule has 4 aromatic rings. The second-order valence-corrected chi connectivity index (χ2v) is 15.6. The highest BCUT2D eigenvalue weighted by atomic mass is 32.7. The maximum Gasteiger partial charge on any atom is 0.386 e. The number of nitrogens with zero attached hydrogens (tertiary/aromatic N) is 5. The Bertz CT molecular complexity index is 1840. The maximum absolute atomic E-state index is 15.9. The molecule has 7 rings (SSSR count). The molecule has 0 spiro atoms. The van der Waals surface area contributed by atoms with E-state index in [1.54, 1.807) is 28.8 Å². The van der Waals surface area contributed by atoms with Crippen LogP contribution in [0.25, 0.3) is 22.2 Å². The third-order valence-corrected chi connectivity index (χ3v) is 10.5. The van der Waals surface area contributed by atoms with Crippen molar-refractivity contribution >= 4 is 59.8 Å². The molecule has 3 aromatic heterocycles. The van der Waals surface area contributed by atoms with E-state index in [1.165, 1.54) is 10.9 Å². The number of nitrogens with one attached hydrogen (secondary N) is 1. The summed E-state index contributed by atoms with van der Waals surface area (Å²) in [6.07, 6.45) is -7.63. The summed E-state index contributed by atoms with van der Waals surface area (Å²) in [6, 6.07) is 7.13. The van der Waals surface area contributed by atoms with E-state index in [0.29, 0.717) is 11.0 Å². The fourth-order valence-corrected chi connectivity index (χ4v) is 8.20. The monoisotopic (exact) mass is 676 g/mol. The van der Waals surface area contributed by atoms with Crippen molar-refractivity contribution in [2.45, 2.75) is 49.1 Å². The fraction of sp³-hybridized carbons (Fsp3) is 0.455. The van der Waals surface area contributed by atoms with Gasteiger partial charge >= 0.3 is 13.5 Å². The standard InChI is InChI=1S/C22H23FN6O10P2S2/c23-14-17-13(37-21(14)29-9-27-15-19(29)24-7-25-20(15)31)6-35-41(33,43)39-18-16(30)12(5-34-40(32,42)38-17)36-22(18)28-8-26-10-3-1-2-4-11(10)28/h1-4,7-9,12-14,16-18,21-22,30H,5-6H2,(H,32,42)(H,33,43)(H,24,25,31). The van der Waals surface area contributed by atoms with Gasteiger partial charge < -0.3 is 33.5 Å². The number of halogens is 1. The Balaban J connectivity index is 1.20. The van der Waals surface area contributed by atoms with E-state index in [2.05, 4.69) is 32.2 Å².